The van der Waals surface area contributed by atoms with Crippen LogP contribution in [-0.2, 0) is 0 Å². The number of ether oxygens (including phenoxy) is 1. The van der Waals surface area contributed by atoms with Crippen molar-refractivity contribution in [2.45, 2.75) is 57.7 Å². The molecule has 0 aliphatic heterocycles. The van der Waals surface area contributed by atoms with Crippen LogP contribution in [0.15, 0.2) is 18.2 Å². The maximum Gasteiger partial charge on any atom is 0.270 e. The topological polar surface area (TPSA) is 72.6 Å². The molecule has 1 aromatic carbocycles. The zero-order valence-electron chi connectivity index (χ0n) is 11.7. The van der Waals surface area contributed by atoms with E-state index in [-0.39, 0.29) is 11.8 Å². The summed E-state index contributed by atoms with van der Waals surface area (Å²) in [6, 6.07) is 4.43. The lowest BCUT2D eigenvalue weighted by atomic mass is 10.1. The van der Waals surface area contributed by atoms with Crippen molar-refractivity contribution in [3.8, 4) is 5.75 Å². The van der Waals surface area contributed by atoms with Gasteiger partial charge in [0.05, 0.1) is 17.1 Å². The summed E-state index contributed by atoms with van der Waals surface area (Å²) < 4.78 is 5.98. The molecule has 5 nitrogen and oxygen atoms in total. The lowest BCUT2D eigenvalue weighted by Gasteiger charge is -2.20. The molecule has 1 aromatic rings. The first-order valence-electron chi connectivity index (χ1n) is 7.21. The van der Waals surface area contributed by atoms with E-state index in [9.17, 15) is 15.2 Å². The molecule has 0 bridgehead atoms. The van der Waals surface area contributed by atoms with E-state index in [0.29, 0.717) is 11.3 Å². The fourth-order valence-electron chi connectivity index (χ4n) is 2.62. The predicted molar refractivity (Wildman–Crippen MR) is 75.8 cm³/mol. The number of aliphatic hydroxyl groups excluding tert-OH is 1. The molecule has 1 saturated carbocycles. The van der Waals surface area contributed by atoms with Gasteiger partial charge in [-0.3, -0.25) is 10.1 Å². The average molecular weight is 279 g/mol. The van der Waals surface area contributed by atoms with Gasteiger partial charge in [0, 0.05) is 17.7 Å². The molecule has 0 aromatic heterocycles. The number of nitro groups is 1. The summed E-state index contributed by atoms with van der Waals surface area (Å²) in [6.45, 7) is 1.60. The van der Waals surface area contributed by atoms with Crippen LogP contribution in [0.25, 0.3) is 0 Å². The highest BCUT2D eigenvalue weighted by molar-refractivity contribution is 5.44. The number of nitro benzene ring substituents is 1. The second-order valence-electron chi connectivity index (χ2n) is 5.39. The molecule has 0 unspecified atom stereocenters. The number of hydrogen-bond donors (Lipinski definition) is 1. The minimum absolute atomic E-state index is 0.0193. The van der Waals surface area contributed by atoms with Crippen LogP contribution in [0.4, 0.5) is 5.69 Å². The zero-order chi connectivity index (χ0) is 14.5. The first-order chi connectivity index (χ1) is 9.58. The van der Waals surface area contributed by atoms with E-state index in [0.717, 1.165) is 25.7 Å². The van der Waals surface area contributed by atoms with Gasteiger partial charge in [-0.15, -0.1) is 0 Å². The third-order valence-electron chi connectivity index (χ3n) is 3.75. The molecule has 0 radical (unpaired) electrons. The Labute approximate surface area is 118 Å². The molecule has 1 N–H and O–H groups in total. The first-order valence-corrected chi connectivity index (χ1v) is 7.21. The lowest BCUT2D eigenvalue weighted by molar-refractivity contribution is -0.385. The van der Waals surface area contributed by atoms with Crippen molar-refractivity contribution < 1.29 is 14.8 Å². The van der Waals surface area contributed by atoms with Crippen LogP contribution < -0.4 is 4.74 Å². The van der Waals surface area contributed by atoms with Crippen molar-refractivity contribution in [2.24, 2.45) is 0 Å². The molecular formula is C15H21NO4. The van der Waals surface area contributed by atoms with Crippen LogP contribution in [0.1, 0.15) is 57.1 Å². The Bertz CT molecular complexity index is 465. The van der Waals surface area contributed by atoms with Gasteiger partial charge >= 0.3 is 0 Å². The second-order valence-corrected chi connectivity index (χ2v) is 5.39. The monoisotopic (exact) mass is 279 g/mol. The minimum atomic E-state index is -0.782. The summed E-state index contributed by atoms with van der Waals surface area (Å²) in [5.74, 6) is 0.567. The van der Waals surface area contributed by atoms with Gasteiger partial charge in [0.15, 0.2) is 0 Å². The van der Waals surface area contributed by atoms with Crippen LogP contribution >= 0.6 is 0 Å². The number of nitrogens with zero attached hydrogens (tertiary/aromatic N) is 1. The van der Waals surface area contributed by atoms with Crippen molar-refractivity contribution in [1.29, 1.82) is 0 Å². The number of aliphatic hydroxyl groups is 1. The quantitative estimate of drug-likeness (QED) is 0.517. The predicted octanol–water partition coefficient (Wildman–Crippen LogP) is 3.75. The molecule has 1 aliphatic carbocycles. The normalized spacial score (nSPS) is 18.3. The summed E-state index contributed by atoms with van der Waals surface area (Å²) in [5.41, 5.74) is 0.470. The fourth-order valence-corrected chi connectivity index (χ4v) is 2.62. The van der Waals surface area contributed by atoms with Gasteiger partial charge < -0.3 is 9.84 Å². The molecule has 2 rings (SSSR count). The highest BCUT2D eigenvalue weighted by atomic mass is 16.6. The highest BCUT2D eigenvalue weighted by Crippen LogP contribution is 2.32. The van der Waals surface area contributed by atoms with Crippen LogP contribution in [0, 0.1) is 10.1 Å². The summed E-state index contributed by atoms with van der Waals surface area (Å²) >= 11 is 0. The molecule has 1 fully saturated rings. The molecule has 1 atom stereocenters. The smallest absolute Gasteiger partial charge is 0.270 e. The van der Waals surface area contributed by atoms with Crippen molar-refractivity contribution in [3.63, 3.8) is 0 Å². The van der Waals surface area contributed by atoms with E-state index in [4.69, 9.17) is 4.74 Å². The van der Waals surface area contributed by atoms with Crippen molar-refractivity contribution in [1.82, 2.24) is 0 Å². The number of rotatable bonds is 4. The molecule has 0 heterocycles. The van der Waals surface area contributed by atoms with E-state index in [1.54, 1.807) is 13.0 Å². The third kappa shape index (κ3) is 3.70. The maximum atomic E-state index is 10.8. The third-order valence-corrected chi connectivity index (χ3v) is 3.75. The first kappa shape index (κ1) is 14.8. The van der Waals surface area contributed by atoms with Gasteiger partial charge in [-0.2, -0.15) is 0 Å². The largest absolute Gasteiger partial charge is 0.490 e. The zero-order valence-corrected chi connectivity index (χ0v) is 11.7. The van der Waals surface area contributed by atoms with Crippen LogP contribution in [0.2, 0.25) is 0 Å². The molecule has 0 amide bonds. The Morgan fingerprint density at radius 1 is 1.30 bits per heavy atom. The Hall–Kier alpha value is -1.62. The van der Waals surface area contributed by atoms with E-state index in [1.165, 1.54) is 25.0 Å². The molecule has 1 aliphatic rings. The van der Waals surface area contributed by atoms with E-state index in [1.807, 2.05) is 0 Å². The van der Waals surface area contributed by atoms with Crippen molar-refractivity contribution in [3.05, 3.63) is 33.9 Å². The van der Waals surface area contributed by atoms with Crippen molar-refractivity contribution >= 4 is 5.69 Å². The van der Waals surface area contributed by atoms with Gasteiger partial charge in [-0.25, -0.2) is 0 Å². The summed E-state index contributed by atoms with van der Waals surface area (Å²) in [4.78, 5) is 10.3. The number of benzene rings is 1. The molecule has 110 valence electrons. The van der Waals surface area contributed by atoms with E-state index in [2.05, 4.69) is 0 Å². The van der Waals surface area contributed by atoms with Gasteiger partial charge in [-0.1, -0.05) is 12.8 Å². The van der Waals surface area contributed by atoms with E-state index < -0.39 is 11.0 Å². The molecule has 0 spiro atoms. The summed E-state index contributed by atoms with van der Waals surface area (Å²) in [5, 5.41) is 20.6. The maximum absolute atomic E-state index is 10.8. The Kier molecular flexibility index (Phi) is 4.95. The summed E-state index contributed by atoms with van der Waals surface area (Å²) in [7, 11) is 0. The number of hydrogen-bond acceptors (Lipinski definition) is 4. The fraction of sp³-hybridized carbons (Fsp3) is 0.600. The Balaban J connectivity index is 2.19. The Morgan fingerprint density at radius 2 is 1.95 bits per heavy atom. The van der Waals surface area contributed by atoms with Crippen LogP contribution in [0.5, 0.6) is 5.75 Å². The van der Waals surface area contributed by atoms with Gasteiger partial charge in [0.1, 0.15) is 5.75 Å². The number of non-ortho nitro benzene ring substituents is 1. The molecule has 0 saturated heterocycles. The highest BCUT2D eigenvalue weighted by Gasteiger charge is 2.19. The average Bonchev–Trinajstić information content (AvgIpc) is 2.67. The second kappa shape index (κ2) is 6.70. The van der Waals surface area contributed by atoms with Gasteiger partial charge in [0.2, 0.25) is 0 Å². The van der Waals surface area contributed by atoms with E-state index >= 15 is 0 Å². The Morgan fingerprint density at radius 3 is 2.50 bits per heavy atom. The molecule has 20 heavy (non-hydrogen) atoms. The molecular weight excluding hydrogens is 258 g/mol. The van der Waals surface area contributed by atoms with Crippen LogP contribution in [-0.4, -0.2) is 16.1 Å². The summed E-state index contributed by atoms with van der Waals surface area (Å²) in [6.07, 6.45) is 6.18. The lowest BCUT2D eigenvalue weighted by Crippen LogP contribution is -2.16. The SMILES string of the molecule is C[C@@H](O)c1cc([N+](=O)[O-])ccc1OC1CCCCCC1. The van der Waals surface area contributed by atoms with Crippen LogP contribution in [0.3, 0.4) is 0 Å². The molecule has 5 heteroatoms. The minimum Gasteiger partial charge on any atom is -0.490 e. The standard InChI is InChI=1S/C15H21NO4/c1-11(17)14-10-12(16(18)19)8-9-15(14)20-13-6-4-2-3-5-7-13/h8-11,13,17H,2-7H2,1H3/t11-/m1/s1. The van der Waals surface area contributed by atoms with Gasteiger partial charge in [0.25, 0.3) is 5.69 Å². The van der Waals surface area contributed by atoms with Gasteiger partial charge in [-0.05, 0) is 38.7 Å². The van der Waals surface area contributed by atoms with Crippen molar-refractivity contribution in [2.75, 3.05) is 0 Å².